The van der Waals surface area contributed by atoms with Gasteiger partial charge in [-0.1, -0.05) is 38.6 Å². The average molecular weight is 459 g/mol. The average Bonchev–Trinajstić information content (AvgIpc) is 3.44. The summed E-state index contributed by atoms with van der Waals surface area (Å²) in [5.74, 6) is 1.59. The summed E-state index contributed by atoms with van der Waals surface area (Å²) in [5, 5.41) is 1.95. The third-order valence-electron chi connectivity index (χ3n) is 5.09. The van der Waals surface area contributed by atoms with Crippen LogP contribution >= 0.6 is 11.3 Å². The Labute approximate surface area is 196 Å². The van der Waals surface area contributed by atoms with Crippen molar-refractivity contribution in [3.63, 3.8) is 0 Å². The first-order valence-electron chi connectivity index (χ1n) is 10.8. The molecule has 8 heteroatoms. The molecular weight excluding hydrogens is 432 g/mol. The maximum atomic E-state index is 12.9. The number of hydrogen-bond donors (Lipinski definition) is 1. The van der Waals surface area contributed by atoms with Gasteiger partial charge in [0.05, 0.1) is 17.8 Å². The second-order valence-corrected chi connectivity index (χ2v) is 8.90. The predicted octanol–water partition coefficient (Wildman–Crippen LogP) is 4.98. The Kier molecular flexibility index (Phi) is 7.04. The first-order chi connectivity index (χ1) is 16.1. The molecular formula is C25H26N6OS. The second kappa shape index (κ2) is 10.3. The summed E-state index contributed by atoms with van der Waals surface area (Å²) in [6.07, 6.45) is 11.8. The van der Waals surface area contributed by atoms with Crippen LogP contribution in [0.4, 0.5) is 0 Å². The summed E-state index contributed by atoms with van der Waals surface area (Å²) < 4.78 is 2.49. The van der Waals surface area contributed by atoms with Crippen molar-refractivity contribution in [3.8, 4) is 11.6 Å². The molecule has 0 aliphatic heterocycles. The lowest BCUT2D eigenvalue weighted by molar-refractivity contribution is 0.598. The summed E-state index contributed by atoms with van der Waals surface area (Å²) in [7, 11) is 0. The molecule has 0 aliphatic rings. The van der Waals surface area contributed by atoms with Crippen LogP contribution in [0.1, 0.15) is 31.5 Å². The molecule has 1 N–H and O–H groups in total. The lowest BCUT2D eigenvalue weighted by Gasteiger charge is -2.07. The SMILES string of the molecule is C=C/C=C(\C=NCCC(C)C)c1csc2c(=O)[nH]c(-c3nccn3Cc3ccccn3)nc12. The van der Waals surface area contributed by atoms with Crippen LogP contribution in [-0.4, -0.2) is 37.3 Å². The minimum atomic E-state index is -0.187. The number of pyridine rings is 1. The van der Waals surface area contributed by atoms with E-state index < -0.39 is 0 Å². The van der Waals surface area contributed by atoms with Crippen LogP contribution in [0.25, 0.3) is 27.4 Å². The maximum absolute atomic E-state index is 12.9. The Bertz CT molecular complexity index is 1360. The number of aromatic nitrogens is 5. The minimum absolute atomic E-state index is 0.187. The molecule has 0 unspecified atom stereocenters. The molecule has 7 nitrogen and oxygen atoms in total. The molecule has 0 aliphatic carbocycles. The number of rotatable bonds is 9. The van der Waals surface area contributed by atoms with Crippen LogP contribution in [0.15, 0.2) is 70.7 Å². The van der Waals surface area contributed by atoms with Gasteiger partial charge in [-0.25, -0.2) is 9.97 Å². The van der Waals surface area contributed by atoms with Crippen LogP contribution in [0.3, 0.4) is 0 Å². The maximum Gasteiger partial charge on any atom is 0.269 e. The number of aliphatic imine (C=N–C) groups is 1. The highest BCUT2D eigenvalue weighted by atomic mass is 32.1. The van der Waals surface area contributed by atoms with E-state index in [1.165, 1.54) is 11.3 Å². The van der Waals surface area contributed by atoms with Crippen molar-refractivity contribution in [1.29, 1.82) is 0 Å². The van der Waals surface area contributed by atoms with Gasteiger partial charge in [-0.2, -0.15) is 0 Å². The summed E-state index contributed by atoms with van der Waals surface area (Å²) in [6, 6.07) is 5.77. The van der Waals surface area contributed by atoms with Gasteiger partial charge in [0.15, 0.2) is 11.6 Å². The molecule has 0 bridgehead atoms. The molecule has 4 aromatic rings. The highest BCUT2D eigenvalue weighted by molar-refractivity contribution is 7.17. The quantitative estimate of drug-likeness (QED) is 0.283. The summed E-state index contributed by atoms with van der Waals surface area (Å²) in [5.41, 5.74) is 3.08. The van der Waals surface area contributed by atoms with Gasteiger partial charge in [-0.15, -0.1) is 11.3 Å². The number of H-pyrrole nitrogens is 1. The number of fused-ring (bicyclic) bond motifs is 1. The minimum Gasteiger partial charge on any atom is -0.322 e. The van der Waals surface area contributed by atoms with E-state index in [2.05, 4.69) is 40.4 Å². The second-order valence-electron chi connectivity index (χ2n) is 8.02. The van der Waals surface area contributed by atoms with E-state index in [9.17, 15) is 4.79 Å². The fraction of sp³-hybridized carbons (Fsp3) is 0.240. The fourth-order valence-electron chi connectivity index (χ4n) is 3.38. The third-order valence-corrected chi connectivity index (χ3v) is 6.05. The number of thiophene rings is 1. The van der Waals surface area contributed by atoms with E-state index in [1.807, 2.05) is 46.6 Å². The van der Waals surface area contributed by atoms with Crippen LogP contribution in [-0.2, 0) is 6.54 Å². The van der Waals surface area contributed by atoms with Crippen molar-refractivity contribution in [3.05, 3.63) is 82.5 Å². The van der Waals surface area contributed by atoms with Crippen LogP contribution in [0.5, 0.6) is 0 Å². The number of hydrogen-bond acceptors (Lipinski definition) is 6. The van der Waals surface area contributed by atoms with Crippen molar-refractivity contribution in [2.24, 2.45) is 10.9 Å². The van der Waals surface area contributed by atoms with Gasteiger partial charge in [0.25, 0.3) is 5.56 Å². The van der Waals surface area contributed by atoms with Gasteiger partial charge in [0, 0.05) is 47.9 Å². The van der Waals surface area contributed by atoms with Crippen LogP contribution < -0.4 is 5.56 Å². The van der Waals surface area contributed by atoms with Crippen molar-refractivity contribution >= 4 is 33.3 Å². The molecule has 0 radical (unpaired) electrons. The Balaban J connectivity index is 1.73. The Morgan fingerprint density at radius 2 is 2.18 bits per heavy atom. The normalized spacial score (nSPS) is 12.3. The number of nitrogens with one attached hydrogen (secondary N) is 1. The van der Waals surface area contributed by atoms with Crippen molar-refractivity contribution < 1.29 is 0 Å². The molecule has 168 valence electrons. The van der Waals surface area contributed by atoms with Gasteiger partial charge in [-0.3, -0.25) is 14.8 Å². The highest BCUT2D eigenvalue weighted by Gasteiger charge is 2.16. The Morgan fingerprint density at radius 3 is 2.94 bits per heavy atom. The summed E-state index contributed by atoms with van der Waals surface area (Å²) in [6.45, 7) is 9.46. The van der Waals surface area contributed by atoms with E-state index in [4.69, 9.17) is 4.98 Å². The molecule has 0 aromatic carbocycles. The van der Waals surface area contributed by atoms with Crippen LogP contribution in [0.2, 0.25) is 0 Å². The molecule has 4 rings (SSSR count). The van der Waals surface area contributed by atoms with E-state index in [0.717, 1.165) is 29.8 Å². The van der Waals surface area contributed by atoms with Gasteiger partial charge >= 0.3 is 0 Å². The molecule has 0 saturated carbocycles. The smallest absolute Gasteiger partial charge is 0.269 e. The topological polar surface area (TPSA) is 88.8 Å². The lowest BCUT2D eigenvalue weighted by Crippen LogP contribution is -2.11. The number of nitrogens with zero attached hydrogens (tertiary/aromatic N) is 5. The van der Waals surface area contributed by atoms with E-state index in [-0.39, 0.29) is 5.56 Å². The van der Waals surface area contributed by atoms with Crippen molar-refractivity contribution in [2.75, 3.05) is 6.54 Å². The molecule has 4 heterocycles. The third kappa shape index (κ3) is 5.23. The molecule has 0 spiro atoms. The standard InChI is InChI=1S/C25H26N6OS/c1-4-7-18(14-26-11-9-17(2)3)20-16-33-22-21(20)29-23(30-25(22)32)24-28-12-13-31(24)15-19-8-5-6-10-27-19/h4-8,10,12-14,16-17H,1,9,11,15H2,2-3H3,(H,29,30,32)/b18-7+,26-14?. The zero-order chi connectivity index (χ0) is 23.2. The molecule has 0 amide bonds. The van der Waals surface area contributed by atoms with Crippen molar-refractivity contribution in [1.82, 2.24) is 24.5 Å². The first-order valence-corrected chi connectivity index (χ1v) is 11.7. The molecule has 4 aromatic heterocycles. The van der Waals surface area contributed by atoms with Crippen molar-refractivity contribution in [2.45, 2.75) is 26.8 Å². The zero-order valence-electron chi connectivity index (χ0n) is 18.7. The monoisotopic (exact) mass is 458 g/mol. The van der Waals surface area contributed by atoms with Gasteiger partial charge in [0.1, 0.15) is 4.70 Å². The Morgan fingerprint density at radius 1 is 1.30 bits per heavy atom. The first kappa shape index (κ1) is 22.5. The van der Waals surface area contributed by atoms with Gasteiger partial charge < -0.3 is 9.55 Å². The van der Waals surface area contributed by atoms with E-state index in [0.29, 0.717) is 34.3 Å². The highest BCUT2D eigenvalue weighted by Crippen LogP contribution is 2.28. The predicted molar refractivity (Wildman–Crippen MR) is 136 cm³/mol. The zero-order valence-corrected chi connectivity index (χ0v) is 19.5. The molecule has 33 heavy (non-hydrogen) atoms. The summed E-state index contributed by atoms with van der Waals surface area (Å²) in [4.78, 5) is 34.0. The number of allylic oxidation sites excluding steroid dienone is 3. The molecule has 0 atom stereocenters. The van der Waals surface area contributed by atoms with E-state index >= 15 is 0 Å². The number of imidazole rings is 1. The summed E-state index contributed by atoms with van der Waals surface area (Å²) >= 11 is 1.37. The Hall–Kier alpha value is -3.65. The molecule has 0 saturated heterocycles. The van der Waals surface area contributed by atoms with Gasteiger partial charge in [-0.05, 0) is 24.5 Å². The fourth-order valence-corrected chi connectivity index (χ4v) is 4.29. The largest absolute Gasteiger partial charge is 0.322 e. The molecule has 0 fully saturated rings. The number of aromatic amines is 1. The van der Waals surface area contributed by atoms with Crippen LogP contribution in [0, 0.1) is 5.92 Å². The van der Waals surface area contributed by atoms with E-state index in [1.54, 1.807) is 18.5 Å². The van der Waals surface area contributed by atoms with Gasteiger partial charge in [0.2, 0.25) is 0 Å². The lowest BCUT2D eigenvalue weighted by atomic mass is 10.1.